The number of carbonyl (C=O) groups excluding carboxylic acids is 1. The van der Waals surface area contributed by atoms with Crippen molar-refractivity contribution in [2.45, 2.75) is 39.2 Å². The summed E-state index contributed by atoms with van der Waals surface area (Å²) in [7, 11) is 0. The van der Waals surface area contributed by atoms with E-state index >= 15 is 0 Å². The summed E-state index contributed by atoms with van der Waals surface area (Å²) in [6.07, 6.45) is 3.22. The standard InChI is InChI=1S/C16H24ClN3O/c1-3-8-20-9-6-13(7-10-20)18-16(21)19-14-5-4-12(2)15(17)11-14/h4-5,11,13H,3,6-10H2,1-2H3,(H2,18,19,21). The van der Waals surface area contributed by atoms with Crippen LogP contribution in [0, 0.1) is 6.92 Å². The van der Waals surface area contributed by atoms with Crippen molar-refractivity contribution in [2.75, 3.05) is 25.0 Å². The van der Waals surface area contributed by atoms with Crippen LogP contribution in [0.5, 0.6) is 0 Å². The van der Waals surface area contributed by atoms with Gasteiger partial charge in [-0.3, -0.25) is 0 Å². The molecule has 0 spiro atoms. The minimum Gasteiger partial charge on any atom is -0.335 e. The van der Waals surface area contributed by atoms with Crippen molar-refractivity contribution in [1.29, 1.82) is 0 Å². The van der Waals surface area contributed by atoms with Crippen LogP contribution < -0.4 is 10.6 Å². The van der Waals surface area contributed by atoms with Crippen molar-refractivity contribution in [3.63, 3.8) is 0 Å². The molecule has 1 fully saturated rings. The second-order valence-electron chi connectivity index (χ2n) is 5.68. The van der Waals surface area contributed by atoms with Gasteiger partial charge in [-0.1, -0.05) is 24.6 Å². The number of urea groups is 1. The van der Waals surface area contributed by atoms with Crippen molar-refractivity contribution < 1.29 is 4.79 Å². The van der Waals surface area contributed by atoms with Gasteiger partial charge < -0.3 is 15.5 Å². The average Bonchev–Trinajstić information content (AvgIpc) is 2.45. The summed E-state index contributed by atoms with van der Waals surface area (Å²) in [4.78, 5) is 14.5. The van der Waals surface area contributed by atoms with Gasteiger partial charge in [-0.25, -0.2) is 4.79 Å². The summed E-state index contributed by atoms with van der Waals surface area (Å²) in [5, 5.41) is 6.56. The normalized spacial score (nSPS) is 16.7. The van der Waals surface area contributed by atoms with Crippen LogP contribution in [0.3, 0.4) is 0 Å². The van der Waals surface area contributed by atoms with Crippen molar-refractivity contribution >= 4 is 23.3 Å². The lowest BCUT2D eigenvalue weighted by Crippen LogP contribution is -2.46. The molecule has 4 nitrogen and oxygen atoms in total. The summed E-state index contributed by atoms with van der Waals surface area (Å²) in [6.45, 7) is 7.42. The van der Waals surface area contributed by atoms with Gasteiger partial charge in [-0.05, 0) is 50.4 Å². The van der Waals surface area contributed by atoms with Gasteiger partial charge in [-0.15, -0.1) is 0 Å². The summed E-state index contributed by atoms with van der Waals surface area (Å²) in [5.74, 6) is 0. The third kappa shape index (κ3) is 4.90. The largest absolute Gasteiger partial charge is 0.335 e. The zero-order valence-electron chi connectivity index (χ0n) is 12.8. The number of nitrogens with one attached hydrogen (secondary N) is 2. The van der Waals surface area contributed by atoms with E-state index in [0.29, 0.717) is 5.02 Å². The van der Waals surface area contributed by atoms with Gasteiger partial charge in [0.25, 0.3) is 0 Å². The number of hydrogen-bond acceptors (Lipinski definition) is 2. The Balaban J connectivity index is 1.78. The summed E-state index contributed by atoms with van der Waals surface area (Å²) in [6, 6.07) is 5.66. The lowest BCUT2D eigenvalue weighted by atomic mass is 10.1. The van der Waals surface area contributed by atoms with E-state index in [4.69, 9.17) is 11.6 Å². The lowest BCUT2D eigenvalue weighted by molar-refractivity contribution is 0.196. The van der Waals surface area contributed by atoms with Crippen LogP contribution in [-0.2, 0) is 0 Å². The van der Waals surface area contributed by atoms with Gasteiger partial charge in [0.2, 0.25) is 0 Å². The summed E-state index contributed by atoms with van der Waals surface area (Å²) in [5.41, 5.74) is 1.73. The smallest absolute Gasteiger partial charge is 0.319 e. The molecule has 2 N–H and O–H groups in total. The highest BCUT2D eigenvalue weighted by atomic mass is 35.5. The molecule has 1 heterocycles. The van der Waals surface area contributed by atoms with E-state index < -0.39 is 0 Å². The molecule has 5 heteroatoms. The number of aryl methyl sites for hydroxylation is 1. The molecule has 2 rings (SSSR count). The Morgan fingerprint density at radius 2 is 2.10 bits per heavy atom. The Hall–Kier alpha value is -1.26. The monoisotopic (exact) mass is 309 g/mol. The predicted molar refractivity (Wildman–Crippen MR) is 88.1 cm³/mol. The molecule has 0 aliphatic carbocycles. The first kappa shape index (κ1) is 16.1. The summed E-state index contributed by atoms with van der Waals surface area (Å²) < 4.78 is 0. The quantitative estimate of drug-likeness (QED) is 0.892. The van der Waals surface area contributed by atoms with Crippen molar-refractivity contribution in [1.82, 2.24) is 10.2 Å². The number of nitrogens with zero attached hydrogens (tertiary/aromatic N) is 1. The maximum Gasteiger partial charge on any atom is 0.319 e. The average molecular weight is 310 g/mol. The Kier molecular flexibility index (Phi) is 5.88. The zero-order chi connectivity index (χ0) is 15.2. The Morgan fingerprint density at radius 3 is 2.71 bits per heavy atom. The van der Waals surface area contributed by atoms with Crippen LogP contribution in [-0.4, -0.2) is 36.6 Å². The fourth-order valence-corrected chi connectivity index (χ4v) is 2.82. The molecular weight excluding hydrogens is 286 g/mol. The van der Waals surface area contributed by atoms with Crippen LogP contribution in [0.15, 0.2) is 18.2 Å². The van der Waals surface area contributed by atoms with Gasteiger partial charge in [0.1, 0.15) is 0 Å². The molecule has 0 unspecified atom stereocenters. The van der Waals surface area contributed by atoms with E-state index in [1.807, 2.05) is 19.1 Å². The third-order valence-electron chi connectivity index (χ3n) is 3.89. The Bertz CT molecular complexity index is 484. The molecule has 0 atom stereocenters. The number of hydrogen-bond donors (Lipinski definition) is 2. The fourth-order valence-electron chi connectivity index (χ4n) is 2.64. The number of piperidine rings is 1. The molecule has 1 saturated heterocycles. The number of amides is 2. The van der Waals surface area contributed by atoms with Gasteiger partial charge in [0.05, 0.1) is 0 Å². The van der Waals surface area contributed by atoms with E-state index in [2.05, 4.69) is 22.5 Å². The second-order valence-corrected chi connectivity index (χ2v) is 6.09. The highest BCUT2D eigenvalue weighted by Crippen LogP contribution is 2.20. The molecule has 0 aromatic heterocycles. The molecule has 0 radical (unpaired) electrons. The van der Waals surface area contributed by atoms with E-state index in [-0.39, 0.29) is 12.1 Å². The van der Waals surface area contributed by atoms with E-state index in [0.717, 1.165) is 43.7 Å². The van der Waals surface area contributed by atoms with Crippen LogP contribution in [0.4, 0.5) is 10.5 Å². The number of anilines is 1. The molecule has 116 valence electrons. The molecule has 1 aliphatic heterocycles. The van der Waals surface area contributed by atoms with E-state index in [1.54, 1.807) is 6.07 Å². The maximum atomic E-state index is 12.0. The molecule has 21 heavy (non-hydrogen) atoms. The minimum absolute atomic E-state index is 0.149. The van der Waals surface area contributed by atoms with Crippen LogP contribution >= 0.6 is 11.6 Å². The van der Waals surface area contributed by atoms with E-state index in [9.17, 15) is 4.79 Å². The molecule has 2 amide bonds. The zero-order valence-corrected chi connectivity index (χ0v) is 13.5. The first-order valence-corrected chi connectivity index (χ1v) is 8.02. The topological polar surface area (TPSA) is 44.4 Å². The van der Waals surface area contributed by atoms with Crippen LogP contribution in [0.25, 0.3) is 0 Å². The molecule has 1 aromatic carbocycles. The fraction of sp³-hybridized carbons (Fsp3) is 0.562. The Morgan fingerprint density at radius 1 is 1.38 bits per heavy atom. The van der Waals surface area contributed by atoms with Crippen LogP contribution in [0.1, 0.15) is 31.7 Å². The molecule has 0 bridgehead atoms. The highest BCUT2D eigenvalue weighted by Gasteiger charge is 2.20. The van der Waals surface area contributed by atoms with Crippen molar-refractivity contribution in [3.05, 3.63) is 28.8 Å². The van der Waals surface area contributed by atoms with Crippen LogP contribution in [0.2, 0.25) is 5.02 Å². The first-order chi connectivity index (χ1) is 10.1. The number of benzene rings is 1. The molecule has 1 aliphatic rings. The SMILES string of the molecule is CCCN1CCC(NC(=O)Nc2ccc(C)c(Cl)c2)CC1. The number of likely N-dealkylation sites (tertiary alicyclic amines) is 1. The van der Waals surface area contributed by atoms with Gasteiger partial charge in [0, 0.05) is 29.8 Å². The molecule has 0 saturated carbocycles. The van der Waals surface area contributed by atoms with Gasteiger partial charge >= 0.3 is 6.03 Å². The van der Waals surface area contributed by atoms with E-state index in [1.165, 1.54) is 6.42 Å². The molecular formula is C16H24ClN3O. The third-order valence-corrected chi connectivity index (χ3v) is 4.30. The lowest BCUT2D eigenvalue weighted by Gasteiger charge is -2.32. The maximum absolute atomic E-state index is 12.0. The highest BCUT2D eigenvalue weighted by molar-refractivity contribution is 6.31. The number of carbonyl (C=O) groups is 1. The predicted octanol–water partition coefficient (Wildman–Crippen LogP) is 3.64. The Labute approximate surface area is 131 Å². The van der Waals surface area contributed by atoms with Gasteiger partial charge in [0.15, 0.2) is 0 Å². The van der Waals surface area contributed by atoms with Gasteiger partial charge in [-0.2, -0.15) is 0 Å². The first-order valence-electron chi connectivity index (χ1n) is 7.64. The van der Waals surface area contributed by atoms with Crippen molar-refractivity contribution in [2.24, 2.45) is 0 Å². The number of halogens is 1. The van der Waals surface area contributed by atoms with Crippen molar-refractivity contribution in [3.8, 4) is 0 Å². The number of rotatable bonds is 4. The summed E-state index contributed by atoms with van der Waals surface area (Å²) >= 11 is 6.06. The molecule has 1 aromatic rings. The minimum atomic E-state index is -0.149. The second kappa shape index (κ2) is 7.66.